The maximum absolute atomic E-state index is 12.3. The van der Waals surface area contributed by atoms with E-state index in [1.54, 1.807) is 12.1 Å². The number of carbonyl (C=O) groups excluding carboxylic acids is 1. The Morgan fingerprint density at radius 2 is 2.00 bits per heavy atom. The topological polar surface area (TPSA) is 109 Å². The number of carbonyl (C=O) groups is 1. The number of ether oxygens (including phenoxy) is 1. The lowest BCUT2D eigenvalue weighted by Crippen LogP contribution is -2.13. The highest BCUT2D eigenvalue weighted by Crippen LogP contribution is 2.25. The Bertz CT molecular complexity index is 1070. The fourth-order valence-corrected chi connectivity index (χ4v) is 2.73. The van der Waals surface area contributed by atoms with Gasteiger partial charge in [-0.2, -0.15) is 4.98 Å². The number of imidazole rings is 1. The number of aromatic nitrogens is 5. The molecule has 2 heterocycles. The maximum Gasteiger partial charge on any atom is 0.258 e. The lowest BCUT2D eigenvalue weighted by molar-refractivity contribution is 0.102. The fourth-order valence-electron chi connectivity index (χ4n) is 2.47. The van der Waals surface area contributed by atoms with Gasteiger partial charge >= 0.3 is 0 Å². The third-order valence-corrected chi connectivity index (χ3v) is 4.03. The van der Waals surface area contributed by atoms with Crippen LogP contribution in [0, 0.1) is 0 Å². The summed E-state index contributed by atoms with van der Waals surface area (Å²) in [6, 6.07) is 12.4. The molecule has 4 aromatic rings. The van der Waals surface area contributed by atoms with Crippen LogP contribution in [0.4, 0.5) is 5.95 Å². The average Bonchev–Trinajstić information content (AvgIpc) is 3.28. The number of hydrogen-bond acceptors (Lipinski definition) is 5. The minimum atomic E-state index is -0.385. The summed E-state index contributed by atoms with van der Waals surface area (Å²) in [6.45, 7) is 0. The Morgan fingerprint density at radius 3 is 2.77 bits per heavy atom. The molecule has 0 saturated heterocycles. The second-order valence-corrected chi connectivity index (χ2v) is 5.82. The van der Waals surface area contributed by atoms with Crippen LogP contribution in [-0.2, 0) is 0 Å². The quantitative estimate of drug-likeness (QED) is 0.512. The molecule has 1 amide bonds. The maximum atomic E-state index is 12.3. The number of anilines is 1. The summed E-state index contributed by atoms with van der Waals surface area (Å²) in [4.78, 5) is 24.1. The molecule has 0 unspecified atom stereocenters. The molecule has 8 nitrogen and oxygen atoms in total. The number of para-hydroxylation sites is 2. The standard InChI is InChI=1S/C17H13ClN6O2/c1-26-13-7-6-9(8-10(13)18)16(25)22-17-21-15(23-24-17)14-19-11-4-2-3-5-12(11)20-14/h2-8H,1H3,(H,19,20)(H2,21,22,23,24,25). The number of fused-ring (bicyclic) bond motifs is 1. The first-order valence-corrected chi connectivity index (χ1v) is 8.04. The van der Waals surface area contributed by atoms with Gasteiger partial charge in [0.25, 0.3) is 5.91 Å². The van der Waals surface area contributed by atoms with E-state index < -0.39 is 0 Å². The molecule has 0 spiro atoms. The summed E-state index contributed by atoms with van der Waals surface area (Å²) in [6.07, 6.45) is 0. The normalized spacial score (nSPS) is 10.8. The fraction of sp³-hybridized carbons (Fsp3) is 0.0588. The number of benzene rings is 2. The highest BCUT2D eigenvalue weighted by molar-refractivity contribution is 6.32. The Labute approximate surface area is 152 Å². The molecular weight excluding hydrogens is 356 g/mol. The van der Waals surface area contributed by atoms with Crippen molar-refractivity contribution in [2.45, 2.75) is 0 Å². The predicted octanol–water partition coefficient (Wildman–Crippen LogP) is 3.26. The predicted molar refractivity (Wildman–Crippen MR) is 97.4 cm³/mol. The minimum absolute atomic E-state index is 0.136. The number of H-pyrrole nitrogens is 2. The lowest BCUT2D eigenvalue weighted by atomic mass is 10.2. The van der Waals surface area contributed by atoms with Crippen molar-refractivity contribution >= 4 is 34.5 Å². The van der Waals surface area contributed by atoms with Gasteiger partial charge in [-0.3, -0.25) is 15.2 Å². The third-order valence-electron chi connectivity index (χ3n) is 3.74. The zero-order chi connectivity index (χ0) is 18.1. The van der Waals surface area contributed by atoms with E-state index in [1.165, 1.54) is 13.2 Å². The summed E-state index contributed by atoms with van der Waals surface area (Å²) < 4.78 is 5.07. The van der Waals surface area contributed by atoms with Gasteiger partial charge in [-0.1, -0.05) is 23.7 Å². The van der Waals surface area contributed by atoms with Crippen LogP contribution in [0.2, 0.25) is 5.02 Å². The van der Waals surface area contributed by atoms with E-state index in [9.17, 15) is 4.79 Å². The van der Waals surface area contributed by atoms with Crippen molar-refractivity contribution < 1.29 is 9.53 Å². The van der Waals surface area contributed by atoms with Crippen LogP contribution in [0.1, 0.15) is 10.4 Å². The molecule has 4 rings (SSSR count). The highest BCUT2D eigenvalue weighted by Gasteiger charge is 2.14. The second-order valence-electron chi connectivity index (χ2n) is 5.41. The minimum Gasteiger partial charge on any atom is -0.495 e. The van der Waals surface area contributed by atoms with Gasteiger partial charge in [0.1, 0.15) is 5.75 Å². The third kappa shape index (κ3) is 2.98. The smallest absolute Gasteiger partial charge is 0.258 e. The number of halogens is 1. The summed E-state index contributed by atoms with van der Waals surface area (Å²) >= 11 is 6.04. The summed E-state index contributed by atoms with van der Waals surface area (Å²) in [5.74, 6) is 1.20. The van der Waals surface area contributed by atoms with Crippen molar-refractivity contribution in [1.29, 1.82) is 0 Å². The first-order chi connectivity index (χ1) is 12.6. The van der Waals surface area contributed by atoms with Crippen molar-refractivity contribution in [3.8, 4) is 17.4 Å². The van der Waals surface area contributed by atoms with Crippen molar-refractivity contribution in [3.05, 3.63) is 53.1 Å². The monoisotopic (exact) mass is 368 g/mol. The summed E-state index contributed by atoms with van der Waals surface area (Å²) in [5.41, 5.74) is 2.07. The Balaban J connectivity index is 1.54. The Morgan fingerprint density at radius 1 is 1.15 bits per heavy atom. The van der Waals surface area contributed by atoms with Gasteiger partial charge in [0.05, 0.1) is 23.2 Å². The van der Waals surface area contributed by atoms with E-state index in [2.05, 4.69) is 30.5 Å². The van der Waals surface area contributed by atoms with E-state index in [-0.39, 0.29) is 11.9 Å². The van der Waals surface area contributed by atoms with Crippen LogP contribution >= 0.6 is 11.6 Å². The number of nitrogens with zero attached hydrogens (tertiary/aromatic N) is 3. The molecule has 0 radical (unpaired) electrons. The van der Waals surface area contributed by atoms with Crippen LogP contribution < -0.4 is 10.1 Å². The molecule has 2 aromatic heterocycles. The Kier molecular flexibility index (Phi) is 4.02. The number of methoxy groups -OCH3 is 1. The van der Waals surface area contributed by atoms with Gasteiger partial charge in [0, 0.05) is 5.56 Å². The van der Waals surface area contributed by atoms with E-state index in [1.807, 2.05) is 24.3 Å². The zero-order valence-electron chi connectivity index (χ0n) is 13.6. The molecule has 0 aliphatic rings. The van der Waals surface area contributed by atoms with E-state index in [0.29, 0.717) is 28.0 Å². The Hall–Kier alpha value is -3.39. The van der Waals surface area contributed by atoms with Crippen molar-refractivity contribution in [1.82, 2.24) is 25.1 Å². The van der Waals surface area contributed by atoms with Gasteiger partial charge in [0.15, 0.2) is 11.6 Å². The molecular formula is C17H13ClN6O2. The first-order valence-electron chi connectivity index (χ1n) is 7.66. The van der Waals surface area contributed by atoms with Gasteiger partial charge in [0.2, 0.25) is 5.95 Å². The van der Waals surface area contributed by atoms with Gasteiger partial charge in [-0.05, 0) is 30.3 Å². The molecule has 26 heavy (non-hydrogen) atoms. The van der Waals surface area contributed by atoms with Crippen LogP contribution in [0.3, 0.4) is 0 Å². The van der Waals surface area contributed by atoms with Crippen LogP contribution in [-0.4, -0.2) is 38.2 Å². The van der Waals surface area contributed by atoms with Crippen LogP contribution in [0.25, 0.3) is 22.7 Å². The molecule has 0 aliphatic heterocycles. The number of aromatic amines is 2. The molecule has 3 N–H and O–H groups in total. The molecule has 0 fully saturated rings. The molecule has 0 atom stereocenters. The van der Waals surface area contributed by atoms with Crippen LogP contribution in [0.15, 0.2) is 42.5 Å². The largest absolute Gasteiger partial charge is 0.495 e. The molecule has 0 aliphatic carbocycles. The SMILES string of the molecule is COc1ccc(C(=O)Nc2n[nH]c(-c3nc4ccccc4[nH]3)n2)cc1Cl. The molecule has 0 saturated carbocycles. The molecule has 9 heteroatoms. The molecule has 130 valence electrons. The van der Waals surface area contributed by atoms with Gasteiger partial charge < -0.3 is 9.72 Å². The van der Waals surface area contributed by atoms with Crippen molar-refractivity contribution in [3.63, 3.8) is 0 Å². The van der Waals surface area contributed by atoms with Crippen molar-refractivity contribution in [2.24, 2.45) is 0 Å². The van der Waals surface area contributed by atoms with Gasteiger partial charge in [-0.25, -0.2) is 4.98 Å². The number of rotatable bonds is 4. The van der Waals surface area contributed by atoms with E-state index >= 15 is 0 Å². The summed E-state index contributed by atoms with van der Waals surface area (Å²) in [7, 11) is 1.51. The molecule has 0 bridgehead atoms. The second kappa shape index (κ2) is 6.49. The lowest BCUT2D eigenvalue weighted by Gasteiger charge is -2.05. The zero-order valence-corrected chi connectivity index (χ0v) is 14.3. The summed E-state index contributed by atoms with van der Waals surface area (Å²) in [5, 5.41) is 9.71. The van der Waals surface area contributed by atoms with E-state index in [0.717, 1.165) is 11.0 Å². The van der Waals surface area contributed by atoms with Crippen LogP contribution in [0.5, 0.6) is 5.75 Å². The first kappa shape index (κ1) is 16.1. The number of hydrogen-bond donors (Lipinski definition) is 3. The molecule has 2 aromatic carbocycles. The van der Waals surface area contributed by atoms with Crippen molar-refractivity contribution in [2.75, 3.05) is 12.4 Å². The van der Waals surface area contributed by atoms with Gasteiger partial charge in [-0.15, -0.1) is 5.10 Å². The number of amides is 1. The average molecular weight is 369 g/mol. The highest BCUT2D eigenvalue weighted by atomic mass is 35.5. The number of nitrogens with one attached hydrogen (secondary N) is 3. The van der Waals surface area contributed by atoms with E-state index in [4.69, 9.17) is 16.3 Å².